The highest BCUT2D eigenvalue weighted by atomic mass is 16.1. The molecule has 1 aromatic carbocycles. The summed E-state index contributed by atoms with van der Waals surface area (Å²) in [7, 11) is 0. The van der Waals surface area contributed by atoms with Crippen LogP contribution in [0.4, 0.5) is 0 Å². The van der Waals surface area contributed by atoms with Crippen LogP contribution in [0.15, 0.2) is 36.5 Å². The Morgan fingerprint density at radius 1 is 1.24 bits per heavy atom. The first-order valence-corrected chi connectivity index (χ1v) is 9.02. The molecule has 0 amide bonds. The maximum Gasteiger partial charge on any atom is 0.178 e. The topological polar surface area (TPSA) is 49.0 Å². The summed E-state index contributed by atoms with van der Waals surface area (Å²) in [5.74, 6) is 0.192. The van der Waals surface area contributed by atoms with Crippen LogP contribution < -0.4 is 0 Å². The number of likely N-dealkylation sites (tertiary alicyclic amines) is 1. The van der Waals surface area contributed by atoms with Gasteiger partial charge in [-0.3, -0.25) is 9.69 Å². The van der Waals surface area contributed by atoms with E-state index in [2.05, 4.69) is 24.8 Å². The highest BCUT2D eigenvalue weighted by molar-refractivity contribution is 5.99. The zero-order valence-electron chi connectivity index (χ0n) is 15.2. The Balaban J connectivity index is 1.80. The fraction of sp³-hybridized carbons (Fsp3) is 0.429. The van der Waals surface area contributed by atoms with Crippen LogP contribution in [0.2, 0.25) is 0 Å². The van der Waals surface area contributed by atoms with Crippen LogP contribution in [0.3, 0.4) is 0 Å². The molecular formula is C21H25N3O. The number of carbonyl (C=O) groups excluding carboxylic acids is 1. The molecule has 0 spiro atoms. The van der Waals surface area contributed by atoms with Crippen molar-refractivity contribution in [3.63, 3.8) is 0 Å². The summed E-state index contributed by atoms with van der Waals surface area (Å²) < 4.78 is 2.01. The van der Waals surface area contributed by atoms with Gasteiger partial charge in [0, 0.05) is 35.2 Å². The van der Waals surface area contributed by atoms with E-state index >= 15 is 0 Å². The minimum Gasteiger partial charge on any atom is -0.320 e. The predicted molar refractivity (Wildman–Crippen MR) is 99.0 cm³/mol. The Morgan fingerprint density at radius 2 is 1.96 bits per heavy atom. The highest BCUT2D eigenvalue weighted by Gasteiger charge is 2.31. The molecule has 0 aliphatic carbocycles. The Kier molecular flexibility index (Phi) is 5.06. The third kappa shape index (κ3) is 3.38. The molecule has 1 saturated heterocycles. The quantitative estimate of drug-likeness (QED) is 0.773. The Labute approximate surface area is 149 Å². The highest BCUT2D eigenvalue weighted by Crippen LogP contribution is 2.27. The van der Waals surface area contributed by atoms with Gasteiger partial charge in [-0.15, -0.1) is 0 Å². The Hall–Kier alpha value is -2.38. The second-order valence-corrected chi connectivity index (χ2v) is 6.93. The van der Waals surface area contributed by atoms with Crippen molar-refractivity contribution in [2.24, 2.45) is 0 Å². The molecule has 0 N–H and O–H groups in total. The SMILES string of the molecule is CCC1CCC(C)N1CC(=O)c1ccn(-c2ccc(C#N)cc2)c1C. The lowest BCUT2D eigenvalue weighted by Crippen LogP contribution is -2.38. The minimum absolute atomic E-state index is 0.192. The van der Waals surface area contributed by atoms with Gasteiger partial charge in [0.1, 0.15) is 0 Å². The fourth-order valence-corrected chi connectivity index (χ4v) is 3.88. The molecule has 4 heteroatoms. The number of aromatic nitrogens is 1. The summed E-state index contributed by atoms with van der Waals surface area (Å²) in [6.45, 7) is 6.90. The lowest BCUT2D eigenvalue weighted by atomic mass is 10.1. The van der Waals surface area contributed by atoms with Crippen molar-refractivity contribution < 1.29 is 4.79 Å². The number of nitriles is 1. The summed E-state index contributed by atoms with van der Waals surface area (Å²) >= 11 is 0. The number of benzene rings is 1. The smallest absolute Gasteiger partial charge is 0.178 e. The molecule has 2 unspecified atom stereocenters. The summed E-state index contributed by atoms with van der Waals surface area (Å²) in [6, 6.07) is 12.5. The van der Waals surface area contributed by atoms with E-state index in [9.17, 15) is 4.79 Å². The average molecular weight is 335 g/mol. The molecule has 130 valence electrons. The van der Waals surface area contributed by atoms with E-state index in [1.807, 2.05) is 35.9 Å². The molecular weight excluding hydrogens is 310 g/mol. The second-order valence-electron chi connectivity index (χ2n) is 6.93. The van der Waals surface area contributed by atoms with Crippen LogP contribution >= 0.6 is 0 Å². The van der Waals surface area contributed by atoms with E-state index in [1.54, 1.807) is 12.1 Å². The van der Waals surface area contributed by atoms with Gasteiger partial charge in [-0.05, 0) is 63.4 Å². The van der Waals surface area contributed by atoms with Crippen LogP contribution in [0.1, 0.15) is 54.7 Å². The van der Waals surface area contributed by atoms with Crippen molar-refractivity contribution in [2.75, 3.05) is 6.54 Å². The molecule has 25 heavy (non-hydrogen) atoms. The van der Waals surface area contributed by atoms with Gasteiger partial charge in [0.15, 0.2) is 5.78 Å². The Bertz CT molecular complexity index is 798. The zero-order valence-corrected chi connectivity index (χ0v) is 15.2. The van der Waals surface area contributed by atoms with Gasteiger partial charge >= 0.3 is 0 Å². The van der Waals surface area contributed by atoms with Gasteiger partial charge in [0.25, 0.3) is 0 Å². The van der Waals surface area contributed by atoms with Crippen molar-refractivity contribution in [2.45, 2.75) is 52.1 Å². The minimum atomic E-state index is 0.192. The lowest BCUT2D eigenvalue weighted by Gasteiger charge is -2.26. The van der Waals surface area contributed by atoms with Crippen molar-refractivity contribution in [1.82, 2.24) is 9.47 Å². The van der Waals surface area contributed by atoms with Crippen LogP contribution in [0, 0.1) is 18.3 Å². The average Bonchev–Trinajstić information content (AvgIpc) is 3.18. The maximum atomic E-state index is 12.9. The van der Waals surface area contributed by atoms with E-state index in [4.69, 9.17) is 5.26 Å². The summed E-state index contributed by atoms with van der Waals surface area (Å²) in [5.41, 5.74) is 3.35. The first-order valence-electron chi connectivity index (χ1n) is 9.02. The van der Waals surface area contributed by atoms with Gasteiger partial charge < -0.3 is 4.57 Å². The molecule has 1 aromatic heterocycles. The maximum absolute atomic E-state index is 12.9. The zero-order chi connectivity index (χ0) is 18.0. The Morgan fingerprint density at radius 3 is 2.60 bits per heavy atom. The summed E-state index contributed by atoms with van der Waals surface area (Å²) in [4.78, 5) is 15.2. The van der Waals surface area contributed by atoms with E-state index in [1.165, 1.54) is 12.8 Å². The third-order valence-electron chi connectivity index (χ3n) is 5.47. The number of hydrogen-bond donors (Lipinski definition) is 0. The molecule has 2 aromatic rings. The number of hydrogen-bond acceptors (Lipinski definition) is 3. The lowest BCUT2D eigenvalue weighted by molar-refractivity contribution is 0.0888. The van der Waals surface area contributed by atoms with Gasteiger partial charge in [0.2, 0.25) is 0 Å². The second kappa shape index (κ2) is 7.25. The molecule has 4 nitrogen and oxygen atoms in total. The van der Waals surface area contributed by atoms with Gasteiger partial charge in [-0.1, -0.05) is 6.92 Å². The van der Waals surface area contributed by atoms with Gasteiger partial charge in [0.05, 0.1) is 18.2 Å². The number of rotatable bonds is 5. The van der Waals surface area contributed by atoms with Gasteiger partial charge in [-0.2, -0.15) is 5.26 Å². The monoisotopic (exact) mass is 335 g/mol. The summed E-state index contributed by atoms with van der Waals surface area (Å²) in [5, 5.41) is 8.92. The van der Waals surface area contributed by atoms with Crippen molar-refractivity contribution in [3.8, 4) is 11.8 Å². The first-order chi connectivity index (χ1) is 12.0. The normalized spacial score (nSPS) is 20.6. The molecule has 0 bridgehead atoms. The van der Waals surface area contributed by atoms with Crippen molar-refractivity contribution in [1.29, 1.82) is 5.26 Å². The summed E-state index contributed by atoms with van der Waals surface area (Å²) in [6.07, 6.45) is 5.41. The molecule has 0 radical (unpaired) electrons. The molecule has 2 atom stereocenters. The molecule has 1 aliphatic heterocycles. The molecule has 1 fully saturated rings. The van der Waals surface area contributed by atoms with Crippen LogP contribution in [-0.2, 0) is 0 Å². The van der Waals surface area contributed by atoms with Crippen molar-refractivity contribution in [3.05, 3.63) is 53.3 Å². The van der Waals surface area contributed by atoms with E-state index in [-0.39, 0.29) is 5.78 Å². The molecule has 1 aliphatic rings. The third-order valence-corrected chi connectivity index (χ3v) is 5.47. The molecule has 3 rings (SSSR count). The number of carbonyl (C=O) groups is 1. The van der Waals surface area contributed by atoms with Crippen molar-refractivity contribution >= 4 is 5.78 Å². The van der Waals surface area contributed by atoms with Crippen LogP contribution in [0.25, 0.3) is 5.69 Å². The number of Topliss-reactive ketones (excluding diaryl/α,β-unsaturated/α-hetero) is 1. The van der Waals surface area contributed by atoms with E-state index in [0.717, 1.165) is 23.4 Å². The molecule has 0 saturated carbocycles. The predicted octanol–water partition coefficient (Wildman–Crippen LogP) is 4.10. The number of nitrogens with zero attached hydrogens (tertiary/aromatic N) is 3. The largest absolute Gasteiger partial charge is 0.320 e. The first kappa shape index (κ1) is 17.4. The van der Waals surface area contributed by atoms with E-state index in [0.29, 0.717) is 24.2 Å². The fourth-order valence-electron chi connectivity index (χ4n) is 3.88. The molecule has 2 heterocycles. The van der Waals surface area contributed by atoms with E-state index < -0.39 is 0 Å². The van der Waals surface area contributed by atoms with Crippen LogP contribution in [0.5, 0.6) is 0 Å². The van der Waals surface area contributed by atoms with Gasteiger partial charge in [-0.25, -0.2) is 0 Å². The number of ketones is 1. The van der Waals surface area contributed by atoms with Crippen LogP contribution in [-0.4, -0.2) is 33.9 Å². The standard InChI is InChI=1S/C21H25N3O/c1-4-18-8-5-15(2)24(18)14-21(25)20-11-12-23(16(20)3)19-9-6-17(13-22)7-10-19/h6-7,9-12,15,18H,4-5,8,14H2,1-3H3.